The standard InChI is InChI=1S/C34H27ClO6/c1-33(2)15-13-23-30(38)28(32-24(31(23)40-33)14-16-34(3,4)41-32)25(36)11-5-19-6-12-26-21(17-19)18-27(39-26)29(37)20-7-9-22(35)10-8-20/h5-18,38H,1-4H3/b11-5+. The summed E-state index contributed by atoms with van der Waals surface area (Å²) in [6.07, 6.45) is 10.4. The van der Waals surface area contributed by atoms with E-state index in [4.69, 9.17) is 25.5 Å². The summed E-state index contributed by atoms with van der Waals surface area (Å²) >= 11 is 5.94. The number of carbonyl (C=O) groups is 2. The van der Waals surface area contributed by atoms with E-state index in [9.17, 15) is 14.7 Å². The maximum Gasteiger partial charge on any atom is 0.228 e. The fourth-order valence-corrected chi connectivity index (χ4v) is 5.05. The lowest BCUT2D eigenvalue weighted by molar-refractivity contribution is 0.101. The Balaban J connectivity index is 1.34. The van der Waals surface area contributed by atoms with E-state index in [-0.39, 0.29) is 28.6 Å². The lowest BCUT2D eigenvalue weighted by Gasteiger charge is -2.35. The molecule has 206 valence electrons. The van der Waals surface area contributed by atoms with Gasteiger partial charge in [-0.2, -0.15) is 0 Å². The van der Waals surface area contributed by atoms with Gasteiger partial charge in [-0.05, 0) is 106 Å². The number of phenols is 1. The summed E-state index contributed by atoms with van der Waals surface area (Å²) in [6, 6.07) is 13.6. The summed E-state index contributed by atoms with van der Waals surface area (Å²) in [5, 5.41) is 12.5. The number of halogens is 1. The summed E-state index contributed by atoms with van der Waals surface area (Å²) in [7, 11) is 0. The van der Waals surface area contributed by atoms with Crippen LogP contribution in [0.15, 0.2) is 71.2 Å². The fraction of sp³-hybridized carbons (Fsp3) is 0.176. The number of furan rings is 1. The Hall–Kier alpha value is -4.55. The number of phenolic OH excluding ortho intramolecular Hbond substituents is 1. The van der Waals surface area contributed by atoms with Gasteiger partial charge in [0, 0.05) is 16.0 Å². The lowest BCUT2D eigenvalue weighted by atomic mass is 9.90. The van der Waals surface area contributed by atoms with E-state index in [1.807, 2.05) is 52.0 Å². The van der Waals surface area contributed by atoms with Crippen molar-refractivity contribution in [2.24, 2.45) is 0 Å². The number of allylic oxidation sites excluding steroid dienone is 1. The highest BCUT2D eigenvalue weighted by Gasteiger charge is 2.36. The van der Waals surface area contributed by atoms with Crippen molar-refractivity contribution in [2.45, 2.75) is 38.9 Å². The maximum atomic E-state index is 13.6. The summed E-state index contributed by atoms with van der Waals surface area (Å²) < 4.78 is 18.2. The molecular weight excluding hydrogens is 540 g/mol. The van der Waals surface area contributed by atoms with Gasteiger partial charge in [-0.25, -0.2) is 0 Å². The van der Waals surface area contributed by atoms with Crippen LogP contribution in [0.3, 0.4) is 0 Å². The van der Waals surface area contributed by atoms with Crippen LogP contribution in [0.4, 0.5) is 0 Å². The highest BCUT2D eigenvalue weighted by Crippen LogP contribution is 2.50. The highest BCUT2D eigenvalue weighted by molar-refractivity contribution is 6.30. The van der Waals surface area contributed by atoms with Crippen molar-refractivity contribution in [1.82, 2.24) is 0 Å². The first-order valence-corrected chi connectivity index (χ1v) is 13.5. The second-order valence-corrected chi connectivity index (χ2v) is 11.7. The molecule has 1 aromatic heterocycles. The molecule has 0 atom stereocenters. The first kappa shape index (κ1) is 26.7. The van der Waals surface area contributed by atoms with Crippen molar-refractivity contribution in [2.75, 3.05) is 0 Å². The second-order valence-electron chi connectivity index (χ2n) is 11.2. The average molecular weight is 567 g/mol. The third kappa shape index (κ3) is 4.96. The van der Waals surface area contributed by atoms with Crippen molar-refractivity contribution in [3.63, 3.8) is 0 Å². The SMILES string of the molecule is CC1(C)C=Cc2c(O)c(C(=O)/C=C/c3ccc4oc(C(=O)c5ccc(Cl)cc5)cc4c3)c3c(c2O1)C=CC(C)(C)O3. The fourth-order valence-electron chi connectivity index (χ4n) is 4.92. The van der Waals surface area contributed by atoms with Crippen LogP contribution in [0, 0.1) is 0 Å². The van der Waals surface area contributed by atoms with Gasteiger partial charge < -0.3 is 19.0 Å². The third-order valence-electron chi connectivity index (χ3n) is 7.03. The quantitative estimate of drug-likeness (QED) is 0.193. The Labute approximate surface area is 242 Å². The molecular formula is C34H27ClO6. The van der Waals surface area contributed by atoms with Crippen LogP contribution in [0.25, 0.3) is 29.2 Å². The zero-order valence-corrected chi connectivity index (χ0v) is 23.7. The van der Waals surface area contributed by atoms with Crippen molar-refractivity contribution in [3.05, 3.63) is 105 Å². The van der Waals surface area contributed by atoms with Crippen molar-refractivity contribution >= 4 is 52.4 Å². The Bertz CT molecular complexity index is 1830. The van der Waals surface area contributed by atoms with Gasteiger partial charge >= 0.3 is 0 Å². The maximum absolute atomic E-state index is 13.6. The third-order valence-corrected chi connectivity index (χ3v) is 7.28. The van der Waals surface area contributed by atoms with Gasteiger partial charge in [0.05, 0.1) is 11.1 Å². The Kier molecular flexibility index (Phi) is 6.20. The van der Waals surface area contributed by atoms with Crippen LogP contribution >= 0.6 is 11.6 Å². The molecule has 0 fully saturated rings. The highest BCUT2D eigenvalue weighted by atomic mass is 35.5. The lowest BCUT2D eigenvalue weighted by Crippen LogP contribution is -2.31. The number of ketones is 2. The summed E-state index contributed by atoms with van der Waals surface area (Å²) in [4.78, 5) is 26.5. The van der Waals surface area contributed by atoms with Crippen LogP contribution < -0.4 is 9.47 Å². The van der Waals surface area contributed by atoms with Crippen molar-refractivity contribution in [3.8, 4) is 17.2 Å². The van der Waals surface area contributed by atoms with Gasteiger partial charge in [0.15, 0.2) is 11.5 Å². The summed E-state index contributed by atoms with van der Waals surface area (Å²) in [5.74, 6) is 0.100. The smallest absolute Gasteiger partial charge is 0.228 e. The molecule has 0 saturated carbocycles. The van der Waals surface area contributed by atoms with Crippen LogP contribution in [-0.4, -0.2) is 27.9 Å². The van der Waals surface area contributed by atoms with Crippen molar-refractivity contribution < 1.29 is 28.6 Å². The molecule has 0 radical (unpaired) electrons. The predicted octanol–water partition coefficient (Wildman–Crippen LogP) is 8.29. The molecule has 0 amide bonds. The van der Waals surface area contributed by atoms with Gasteiger partial charge in [0.1, 0.15) is 39.6 Å². The molecule has 3 aromatic carbocycles. The minimum absolute atomic E-state index is 0.0700. The molecule has 2 aliphatic heterocycles. The van der Waals surface area contributed by atoms with Crippen molar-refractivity contribution in [1.29, 1.82) is 0 Å². The molecule has 0 spiro atoms. The van der Waals surface area contributed by atoms with Gasteiger partial charge in [0.2, 0.25) is 5.78 Å². The summed E-state index contributed by atoms with van der Waals surface area (Å²) in [6.45, 7) is 7.60. The normalized spacial score (nSPS) is 16.2. The zero-order chi connectivity index (χ0) is 29.1. The van der Waals surface area contributed by atoms with Crippen LogP contribution in [0.1, 0.15) is 70.9 Å². The second kappa shape index (κ2) is 9.53. The Morgan fingerprint density at radius 2 is 1.51 bits per heavy atom. The molecule has 2 aliphatic rings. The monoisotopic (exact) mass is 566 g/mol. The number of hydrogen-bond donors (Lipinski definition) is 1. The molecule has 6 nitrogen and oxygen atoms in total. The number of benzene rings is 3. The zero-order valence-electron chi connectivity index (χ0n) is 22.9. The molecule has 3 heterocycles. The molecule has 4 aromatic rings. The molecule has 41 heavy (non-hydrogen) atoms. The number of hydrogen-bond acceptors (Lipinski definition) is 6. The van der Waals surface area contributed by atoms with E-state index in [1.165, 1.54) is 6.08 Å². The number of fused-ring (bicyclic) bond motifs is 4. The first-order valence-electron chi connectivity index (χ1n) is 13.2. The Morgan fingerprint density at radius 3 is 2.22 bits per heavy atom. The van der Waals surface area contributed by atoms with E-state index in [0.29, 0.717) is 38.4 Å². The minimum Gasteiger partial charge on any atom is -0.506 e. The van der Waals surface area contributed by atoms with E-state index in [1.54, 1.807) is 54.6 Å². The van der Waals surface area contributed by atoms with Gasteiger partial charge in [-0.1, -0.05) is 23.7 Å². The predicted molar refractivity (Wildman–Crippen MR) is 160 cm³/mol. The number of rotatable bonds is 5. The molecule has 6 rings (SSSR count). The molecule has 0 bridgehead atoms. The van der Waals surface area contributed by atoms with E-state index in [2.05, 4.69) is 0 Å². The van der Waals surface area contributed by atoms with Gasteiger partial charge in [0.25, 0.3) is 0 Å². The van der Waals surface area contributed by atoms with E-state index in [0.717, 1.165) is 5.56 Å². The molecule has 7 heteroatoms. The van der Waals surface area contributed by atoms with Gasteiger partial charge in [-0.15, -0.1) is 0 Å². The molecule has 0 aliphatic carbocycles. The largest absolute Gasteiger partial charge is 0.506 e. The molecule has 0 saturated heterocycles. The van der Waals surface area contributed by atoms with Gasteiger partial charge in [-0.3, -0.25) is 9.59 Å². The summed E-state index contributed by atoms with van der Waals surface area (Å²) in [5.41, 5.74) is 1.59. The van der Waals surface area contributed by atoms with Crippen LogP contribution in [0.5, 0.6) is 17.2 Å². The number of aromatic hydroxyl groups is 1. The van der Waals surface area contributed by atoms with E-state index < -0.39 is 17.0 Å². The Morgan fingerprint density at radius 1 is 0.854 bits per heavy atom. The minimum atomic E-state index is -0.681. The first-order chi connectivity index (χ1) is 19.4. The molecule has 1 N–H and O–H groups in total. The average Bonchev–Trinajstić information content (AvgIpc) is 3.34. The van der Waals surface area contributed by atoms with Crippen LogP contribution in [-0.2, 0) is 0 Å². The number of carbonyl (C=O) groups excluding carboxylic acids is 2. The topological polar surface area (TPSA) is 86.0 Å². The van der Waals surface area contributed by atoms with Crippen LogP contribution in [0.2, 0.25) is 5.02 Å². The number of ether oxygens (including phenoxy) is 2. The van der Waals surface area contributed by atoms with E-state index >= 15 is 0 Å². The molecule has 0 unspecified atom stereocenters.